The Morgan fingerprint density at radius 2 is 2.06 bits per heavy atom. The van der Waals surface area contributed by atoms with Crippen LogP contribution in [0.2, 0.25) is 0 Å². The molecule has 2 aromatic carbocycles. The number of benzene rings is 2. The van der Waals surface area contributed by atoms with Gasteiger partial charge < -0.3 is 19.6 Å². The Balaban J connectivity index is 1.68. The average Bonchev–Trinajstić information content (AvgIpc) is 3.39. The predicted molar refractivity (Wildman–Crippen MR) is 133 cm³/mol. The Morgan fingerprint density at radius 3 is 2.77 bits per heavy atom. The van der Waals surface area contributed by atoms with Crippen LogP contribution >= 0.6 is 0 Å². The smallest absolute Gasteiger partial charge is 0.449 e. The minimum absolute atomic E-state index is 0.00582. The zero-order chi connectivity index (χ0) is 25.2. The van der Waals surface area contributed by atoms with E-state index in [0.29, 0.717) is 18.5 Å². The van der Waals surface area contributed by atoms with Gasteiger partial charge in [0, 0.05) is 30.4 Å². The molecule has 1 atom stereocenters. The minimum Gasteiger partial charge on any atom is -0.449 e. The Morgan fingerprint density at radius 1 is 1.29 bits per heavy atom. The van der Waals surface area contributed by atoms with Crippen LogP contribution in [0.3, 0.4) is 0 Å². The van der Waals surface area contributed by atoms with Crippen molar-refractivity contribution >= 4 is 33.6 Å². The van der Waals surface area contributed by atoms with Gasteiger partial charge in [-0.25, -0.2) is 17.6 Å². The van der Waals surface area contributed by atoms with Crippen LogP contribution in [-0.4, -0.2) is 56.8 Å². The van der Waals surface area contributed by atoms with E-state index in [1.165, 1.54) is 18.2 Å². The molecule has 2 aliphatic heterocycles. The lowest BCUT2D eigenvalue weighted by Gasteiger charge is -2.20. The highest BCUT2D eigenvalue weighted by Crippen LogP contribution is 2.46. The molecule has 35 heavy (non-hydrogen) atoms. The van der Waals surface area contributed by atoms with Crippen LogP contribution in [0.4, 0.5) is 20.6 Å². The van der Waals surface area contributed by atoms with Gasteiger partial charge in [-0.2, -0.15) is 0 Å². The van der Waals surface area contributed by atoms with Crippen molar-refractivity contribution in [3.63, 3.8) is 0 Å². The van der Waals surface area contributed by atoms with Crippen LogP contribution in [0.25, 0.3) is 6.08 Å². The molecule has 10 heteroatoms. The van der Waals surface area contributed by atoms with E-state index in [2.05, 4.69) is 14.5 Å². The first-order valence-corrected chi connectivity index (χ1v) is 13.3. The fraction of sp³-hybridized carbons (Fsp3) is 0.400. The van der Waals surface area contributed by atoms with Crippen LogP contribution in [0.15, 0.2) is 41.3 Å². The molecule has 0 amide bonds. The molecule has 2 N–H and O–H groups in total. The summed E-state index contributed by atoms with van der Waals surface area (Å²) in [5, 5.41) is 9.33. The summed E-state index contributed by atoms with van der Waals surface area (Å²) in [4.78, 5) is 15.7. The van der Waals surface area contributed by atoms with Gasteiger partial charge in [-0.15, -0.1) is 0 Å². The van der Waals surface area contributed by atoms with E-state index in [-0.39, 0.29) is 27.9 Å². The topological polar surface area (TPSA) is 99.2 Å². The van der Waals surface area contributed by atoms with Gasteiger partial charge in [0.1, 0.15) is 5.82 Å². The second-order valence-electron chi connectivity index (χ2n) is 8.68. The minimum atomic E-state index is -4.18. The Labute approximate surface area is 205 Å². The number of ether oxygens (including phenoxy) is 1. The number of carboxylic acid groups (broad SMARTS) is 1. The van der Waals surface area contributed by atoms with Crippen molar-refractivity contribution in [2.24, 2.45) is 0 Å². The van der Waals surface area contributed by atoms with Gasteiger partial charge in [0.05, 0.1) is 10.6 Å². The number of hydrogen-bond donors (Lipinski definition) is 2. The molecule has 1 fully saturated rings. The lowest BCUT2D eigenvalue weighted by Crippen LogP contribution is -2.24. The lowest BCUT2D eigenvalue weighted by molar-refractivity contribution is 0.144. The summed E-state index contributed by atoms with van der Waals surface area (Å²) >= 11 is 0. The summed E-state index contributed by atoms with van der Waals surface area (Å²) in [6.45, 7) is 7.18. The van der Waals surface area contributed by atoms with Crippen molar-refractivity contribution in [3.8, 4) is 5.75 Å². The van der Waals surface area contributed by atoms with Crippen LogP contribution < -0.4 is 14.4 Å². The van der Waals surface area contributed by atoms with E-state index in [9.17, 15) is 22.7 Å². The molecular weight excluding hydrogens is 473 g/mol. The summed E-state index contributed by atoms with van der Waals surface area (Å²) in [5.41, 5.74) is 1.78. The molecule has 0 bridgehead atoms. The second kappa shape index (κ2) is 10.2. The maximum Gasteiger partial charge on any atom is 0.511 e. The van der Waals surface area contributed by atoms with Gasteiger partial charge in [0.15, 0.2) is 5.75 Å². The molecule has 2 heterocycles. The summed E-state index contributed by atoms with van der Waals surface area (Å²) in [5.74, 6) is -0.562. The van der Waals surface area contributed by atoms with Crippen molar-refractivity contribution in [2.75, 3.05) is 35.8 Å². The highest BCUT2D eigenvalue weighted by Gasteiger charge is 2.36. The van der Waals surface area contributed by atoms with Crippen molar-refractivity contribution in [2.45, 2.75) is 44.0 Å². The van der Waals surface area contributed by atoms with Crippen molar-refractivity contribution < 1.29 is 27.4 Å². The summed E-state index contributed by atoms with van der Waals surface area (Å²) in [6, 6.07) is 7.03. The number of likely N-dealkylation sites (N-methyl/N-ethyl adjacent to an activating group) is 1. The number of nitrogens with one attached hydrogen (secondary N) is 1. The predicted octanol–water partition coefficient (Wildman–Crippen LogP) is 4.56. The molecule has 0 radical (unpaired) electrons. The van der Waals surface area contributed by atoms with E-state index < -0.39 is 22.0 Å². The number of nitrogens with zero attached hydrogens (tertiary/aromatic N) is 2. The summed E-state index contributed by atoms with van der Waals surface area (Å²) < 4.78 is 48.3. The molecule has 0 saturated carbocycles. The average molecular weight is 504 g/mol. The molecule has 0 spiro atoms. The first kappa shape index (κ1) is 25.0. The van der Waals surface area contributed by atoms with Gasteiger partial charge in [-0.3, -0.25) is 4.72 Å². The third kappa shape index (κ3) is 5.28. The second-order valence-corrected chi connectivity index (χ2v) is 10.3. The number of anilines is 2. The molecule has 4 rings (SSSR count). The first-order valence-electron chi connectivity index (χ1n) is 11.8. The number of fused-ring (bicyclic) bond motifs is 3. The normalized spacial score (nSPS) is 17.1. The Bertz CT molecular complexity index is 1240. The van der Waals surface area contributed by atoms with Crippen molar-refractivity contribution in [1.29, 1.82) is 0 Å². The number of carbonyl (C=O) groups is 1. The molecule has 0 aliphatic carbocycles. The molecular formula is C25H30FN3O5S. The Hall–Kier alpha value is -3.11. The van der Waals surface area contributed by atoms with Crippen molar-refractivity contribution in [1.82, 2.24) is 4.90 Å². The maximum atomic E-state index is 14.0. The zero-order valence-electron chi connectivity index (χ0n) is 19.8. The monoisotopic (exact) mass is 503 g/mol. The molecule has 2 aromatic rings. The summed E-state index contributed by atoms with van der Waals surface area (Å²) in [7, 11) is -4.18. The SMILES string of the molecule is CCN(CC)C/C=C\c1cc(F)ccc1S(=O)(=O)Nc1ccc2c(c1OC(=O)O)C[C@H]1CCCN21. The first-order chi connectivity index (χ1) is 16.7. The molecule has 188 valence electrons. The van der Waals surface area contributed by atoms with E-state index in [1.54, 1.807) is 18.2 Å². The van der Waals surface area contributed by atoms with Crippen LogP contribution in [0.1, 0.15) is 37.8 Å². The van der Waals surface area contributed by atoms with Crippen LogP contribution in [0, 0.1) is 5.82 Å². The molecule has 0 aromatic heterocycles. The highest BCUT2D eigenvalue weighted by molar-refractivity contribution is 7.92. The van der Waals surface area contributed by atoms with Crippen molar-refractivity contribution in [3.05, 3.63) is 53.4 Å². The van der Waals surface area contributed by atoms with Gasteiger partial charge in [-0.1, -0.05) is 26.0 Å². The largest absolute Gasteiger partial charge is 0.511 e. The fourth-order valence-electron chi connectivity index (χ4n) is 4.87. The fourth-order valence-corrected chi connectivity index (χ4v) is 6.12. The number of rotatable bonds is 9. The van der Waals surface area contributed by atoms with E-state index in [1.807, 2.05) is 13.8 Å². The number of halogens is 1. The standard InChI is InChI=1S/C25H30FN3O5S/c1-3-28(4-2)13-5-7-17-15-18(26)9-12-23(17)35(32,33)27-21-10-11-22-20(24(21)34-25(30)31)16-19-8-6-14-29(19)22/h5,7,9-12,15,19,27H,3-4,6,8,13-14,16H2,1-2H3,(H,30,31)/b7-5-/t19-/m1/s1. The van der Waals surface area contributed by atoms with E-state index in [4.69, 9.17) is 4.74 Å². The quantitative estimate of drug-likeness (QED) is 0.382. The molecule has 1 saturated heterocycles. The Kier molecular flexibility index (Phi) is 7.32. The van der Waals surface area contributed by atoms with Gasteiger partial charge in [0.2, 0.25) is 0 Å². The molecule has 8 nitrogen and oxygen atoms in total. The number of sulfonamides is 1. The van der Waals surface area contributed by atoms with Crippen LogP contribution in [-0.2, 0) is 16.4 Å². The summed E-state index contributed by atoms with van der Waals surface area (Å²) in [6.07, 6.45) is 4.49. The van der Waals surface area contributed by atoms with Crippen LogP contribution in [0.5, 0.6) is 5.75 Å². The third-order valence-electron chi connectivity index (χ3n) is 6.61. The molecule has 2 aliphatic rings. The van der Waals surface area contributed by atoms with E-state index >= 15 is 0 Å². The van der Waals surface area contributed by atoms with Gasteiger partial charge in [0.25, 0.3) is 10.0 Å². The maximum absolute atomic E-state index is 14.0. The van der Waals surface area contributed by atoms with E-state index in [0.717, 1.165) is 44.2 Å². The third-order valence-corrected chi connectivity index (χ3v) is 8.05. The number of hydrogen-bond acceptors (Lipinski definition) is 6. The lowest BCUT2D eigenvalue weighted by atomic mass is 10.1. The zero-order valence-corrected chi connectivity index (χ0v) is 20.6. The molecule has 0 unspecified atom stereocenters. The highest BCUT2D eigenvalue weighted by atomic mass is 32.2. The van der Waals surface area contributed by atoms with Gasteiger partial charge in [-0.05, 0) is 68.2 Å². The van der Waals surface area contributed by atoms with Gasteiger partial charge >= 0.3 is 6.16 Å².